The summed E-state index contributed by atoms with van der Waals surface area (Å²) >= 11 is 6.90. The van der Waals surface area contributed by atoms with Gasteiger partial charge in [0.25, 0.3) is 0 Å². The van der Waals surface area contributed by atoms with Crippen LogP contribution in [-0.2, 0) is 13.6 Å². The van der Waals surface area contributed by atoms with Crippen molar-refractivity contribution in [3.63, 3.8) is 0 Å². The van der Waals surface area contributed by atoms with Crippen LogP contribution in [0.1, 0.15) is 5.69 Å². The number of aromatic nitrogens is 3. The number of hydrogen-bond donors (Lipinski definition) is 1. The minimum atomic E-state index is 0.661. The summed E-state index contributed by atoms with van der Waals surface area (Å²) < 4.78 is 3.75. The Morgan fingerprint density at radius 1 is 1.38 bits per heavy atom. The van der Waals surface area contributed by atoms with Crippen molar-refractivity contribution in [1.82, 2.24) is 15.0 Å². The molecule has 0 atom stereocenters. The van der Waals surface area contributed by atoms with Gasteiger partial charge in [0.1, 0.15) is 5.69 Å². The Kier molecular flexibility index (Phi) is 3.60. The van der Waals surface area contributed by atoms with Crippen molar-refractivity contribution in [2.24, 2.45) is 7.05 Å². The van der Waals surface area contributed by atoms with E-state index in [2.05, 4.69) is 47.5 Å². The lowest BCUT2D eigenvalue weighted by Gasteiger charge is -2.06. The summed E-state index contributed by atoms with van der Waals surface area (Å²) in [6.45, 7) is 0.661. The highest BCUT2D eigenvalue weighted by atomic mass is 79.9. The van der Waals surface area contributed by atoms with E-state index in [0.717, 1.165) is 20.3 Å². The second-order valence-electron chi connectivity index (χ2n) is 3.36. The maximum absolute atomic E-state index is 4.00. The van der Waals surface area contributed by atoms with Crippen LogP contribution in [0.3, 0.4) is 0 Å². The first-order valence-corrected chi connectivity index (χ1v) is 6.28. The first-order valence-electron chi connectivity index (χ1n) is 4.69. The molecule has 0 radical (unpaired) electrons. The number of hydrogen-bond acceptors (Lipinski definition) is 3. The molecule has 0 aliphatic rings. The highest BCUT2D eigenvalue weighted by Crippen LogP contribution is 2.26. The van der Waals surface area contributed by atoms with Crippen molar-refractivity contribution in [3.8, 4) is 0 Å². The third-order valence-electron chi connectivity index (χ3n) is 2.04. The number of rotatable bonds is 3. The van der Waals surface area contributed by atoms with Crippen molar-refractivity contribution in [2.45, 2.75) is 6.54 Å². The second-order valence-corrected chi connectivity index (χ2v) is 5.13. The van der Waals surface area contributed by atoms with Crippen LogP contribution in [0.2, 0.25) is 0 Å². The molecule has 0 unspecified atom stereocenters. The van der Waals surface area contributed by atoms with Crippen LogP contribution in [0.5, 0.6) is 0 Å². The van der Waals surface area contributed by atoms with E-state index in [9.17, 15) is 0 Å². The third kappa shape index (κ3) is 2.82. The number of halogens is 2. The average molecular weight is 346 g/mol. The minimum Gasteiger partial charge on any atom is -0.378 e. The number of nitrogens with zero attached hydrogens (tertiary/aromatic N) is 3. The number of benzene rings is 1. The highest BCUT2D eigenvalue weighted by molar-refractivity contribution is 9.11. The molecule has 84 valence electrons. The van der Waals surface area contributed by atoms with Gasteiger partial charge in [-0.1, -0.05) is 21.1 Å². The molecule has 0 saturated heterocycles. The molecule has 0 spiro atoms. The predicted octanol–water partition coefficient (Wildman–Crippen LogP) is 2.95. The quantitative estimate of drug-likeness (QED) is 0.930. The largest absolute Gasteiger partial charge is 0.378 e. The summed E-state index contributed by atoms with van der Waals surface area (Å²) in [7, 11) is 1.85. The fraction of sp³-hybridized carbons (Fsp3) is 0.200. The summed E-state index contributed by atoms with van der Waals surface area (Å²) in [6.07, 6.45) is 1.89. The van der Waals surface area contributed by atoms with Gasteiger partial charge < -0.3 is 5.32 Å². The summed E-state index contributed by atoms with van der Waals surface area (Å²) in [5.41, 5.74) is 1.95. The van der Waals surface area contributed by atoms with Crippen LogP contribution in [0.4, 0.5) is 5.69 Å². The van der Waals surface area contributed by atoms with Crippen molar-refractivity contribution in [3.05, 3.63) is 39.0 Å². The number of anilines is 1. The first kappa shape index (κ1) is 11.6. The molecule has 0 amide bonds. The van der Waals surface area contributed by atoms with E-state index in [-0.39, 0.29) is 0 Å². The number of nitrogens with one attached hydrogen (secondary N) is 1. The molecule has 2 rings (SSSR count). The zero-order valence-corrected chi connectivity index (χ0v) is 11.8. The smallest absolute Gasteiger partial charge is 0.102 e. The van der Waals surface area contributed by atoms with Crippen molar-refractivity contribution in [1.29, 1.82) is 0 Å². The molecular formula is C10H10Br2N4. The number of aryl methyl sites for hydroxylation is 1. The average Bonchev–Trinajstić information content (AvgIpc) is 2.63. The van der Waals surface area contributed by atoms with Gasteiger partial charge >= 0.3 is 0 Å². The normalized spacial score (nSPS) is 10.4. The minimum absolute atomic E-state index is 0.661. The Balaban J connectivity index is 2.04. The summed E-state index contributed by atoms with van der Waals surface area (Å²) in [6, 6.07) is 5.99. The Morgan fingerprint density at radius 3 is 2.81 bits per heavy atom. The van der Waals surface area contributed by atoms with Gasteiger partial charge in [0.05, 0.1) is 6.54 Å². The van der Waals surface area contributed by atoms with Gasteiger partial charge in [0, 0.05) is 27.9 Å². The first-order chi connectivity index (χ1) is 7.65. The maximum atomic E-state index is 4.00. The van der Waals surface area contributed by atoms with E-state index < -0.39 is 0 Å². The monoisotopic (exact) mass is 344 g/mol. The van der Waals surface area contributed by atoms with Crippen molar-refractivity contribution in [2.75, 3.05) is 5.32 Å². The van der Waals surface area contributed by atoms with Gasteiger partial charge in [-0.2, -0.15) is 0 Å². The van der Waals surface area contributed by atoms with Crippen LogP contribution in [0, 0.1) is 0 Å². The summed E-state index contributed by atoms with van der Waals surface area (Å²) in [4.78, 5) is 0. The van der Waals surface area contributed by atoms with Crippen molar-refractivity contribution < 1.29 is 0 Å². The molecule has 2 aromatic rings. The van der Waals surface area contributed by atoms with Crippen LogP contribution in [0.15, 0.2) is 33.3 Å². The lowest BCUT2D eigenvalue weighted by atomic mass is 10.3. The van der Waals surface area contributed by atoms with Gasteiger partial charge in [-0.25, -0.2) is 0 Å². The van der Waals surface area contributed by atoms with Crippen LogP contribution >= 0.6 is 31.9 Å². The van der Waals surface area contributed by atoms with Crippen LogP contribution in [-0.4, -0.2) is 15.0 Å². The molecule has 1 aromatic heterocycles. The molecule has 0 bridgehead atoms. The fourth-order valence-corrected chi connectivity index (χ4v) is 2.48. The molecule has 0 aliphatic heterocycles. The van der Waals surface area contributed by atoms with Gasteiger partial charge in [-0.15, -0.1) is 5.10 Å². The van der Waals surface area contributed by atoms with Gasteiger partial charge in [0.2, 0.25) is 0 Å². The Labute approximate surface area is 110 Å². The Bertz CT molecular complexity index is 495. The molecular weight excluding hydrogens is 336 g/mol. The highest BCUT2D eigenvalue weighted by Gasteiger charge is 2.02. The predicted molar refractivity (Wildman–Crippen MR) is 70.2 cm³/mol. The van der Waals surface area contributed by atoms with E-state index in [1.54, 1.807) is 4.68 Å². The van der Waals surface area contributed by atoms with Gasteiger partial charge in [0.15, 0.2) is 0 Å². The zero-order chi connectivity index (χ0) is 11.5. The van der Waals surface area contributed by atoms with E-state index in [4.69, 9.17) is 0 Å². The van der Waals surface area contributed by atoms with E-state index in [1.165, 1.54) is 0 Å². The van der Waals surface area contributed by atoms with Crippen LogP contribution in [0.25, 0.3) is 0 Å². The molecule has 1 N–H and O–H groups in total. The van der Waals surface area contributed by atoms with Gasteiger partial charge in [-0.05, 0) is 34.1 Å². The standard InChI is InChI=1S/C10H10Br2N4/c1-16-6-8(14-15-16)5-13-10-3-2-7(11)4-9(10)12/h2-4,6,13H,5H2,1H3. The maximum Gasteiger partial charge on any atom is 0.102 e. The molecule has 1 aromatic carbocycles. The fourth-order valence-electron chi connectivity index (χ4n) is 1.29. The summed E-state index contributed by atoms with van der Waals surface area (Å²) in [5.74, 6) is 0. The third-order valence-corrected chi connectivity index (χ3v) is 3.19. The SMILES string of the molecule is Cn1cc(CNc2ccc(Br)cc2Br)nn1. The molecule has 0 aliphatic carbocycles. The summed E-state index contributed by atoms with van der Waals surface area (Å²) in [5, 5.41) is 11.2. The lowest BCUT2D eigenvalue weighted by Crippen LogP contribution is -2.00. The molecule has 4 nitrogen and oxygen atoms in total. The lowest BCUT2D eigenvalue weighted by molar-refractivity contribution is 0.713. The van der Waals surface area contributed by atoms with E-state index >= 15 is 0 Å². The molecule has 16 heavy (non-hydrogen) atoms. The topological polar surface area (TPSA) is 42.7 Å². The zero-order valence-electron chi connectivity index (χ0n) is 8.61. The second kappa shape index (κ2) is 4.97. The van der Waals surface area contributed by atoms with E-state index in [1.807, 2.05) is 31.4 Å². The Hall–Kier alpha value is -0.880. The van der Waals surface area contributed by atoms with E-state index in [0.29, 0.717) is 6.54 Å². The van der Waals surface area contributed by atoms with Crippen molar-refractivity contribution >= 4 is 37.5 Å². The molecule has 0 saturated carbocycles. The Morgan fingerprint density at radius 2 is 2.19 bits per heavy atom. The van der Waals surface area contributed by atoms with Gasteiger partial charge in [-0.3, -0.25) is 4.68 Å². The molecule has 0 fully saturated rings. The van der Waals surface area contributed by atoms with Crippen LogP contribution < -0.4 is 5.32 Å². The molecule has 6 heteroatoms. The molecule has 1 heterocycles.